The zero-order chi connectivity index (χ0) is 7.84. The summed E-state index contributed by atoms with van der Waals surface area (Å²) in [6, 6.07) is -0.275. The van der Waals surface area contributed by atoms with Gasteiger partial charge < -0.3 is 4.79 Å². The molecule has 6 heteroatoms. The van der Waals surface area contributed by atoms with Crippen LogP contribution >= 0.6 is 27.7 Å². The van der Waals surface area contributed by atoms with Gasteiger partial charge in [-0.15, -0.1) is 0 Å². The summed E-state index contributed by atoms with van der Waals surface area (Å²) >= 11 is 4.72. The lowest BCUT2D eigenvalue weighted by atomic mass is 10.4. The molecule has 2 heterocycles. The number of halogens is 1. The molecule has 2 atom stereocenters. The molecule has 0 aromatic rings. The van der Waals surface area contributed by atoms with Crippen LogP contribution in [0.25, 0.3) is 0 Å². The summed E-state index contributed by atoms with van der Waals surface area (Å²) in [5.41, 5.74) is -0.0282. The third-order valence-electron chi connectivity index (χ3n) is 1.43. The summed E-state index contributed by atoms with van der Waals surface area (Å²) in [6.45, 7) is 0. The van der Waals surface area contributed by atoms with Gasteiger partial charge in [-0.25, -0.2) is 5.01 Å². The minimum Gasteiger partial charge on any atom is -0.301 e. The predicted molar refractivity (Wildman–Crippen MR) is 47.9 cm³/mol. The Hall–Kier alpha value is -0.360. The molecule has 2 rings (SSSR count). The molecule has 2 aliphatic heterocycles. The summed E-state index contributed by atoms with van der Waals surface area (Å²) in [7, 11) is 0. The van der Waals surface area contributed by atoms with Gasteiger partial charge in [-0.1, -0.05) is 0 Å². The van der Waals surface area contributed by atoms with Crippen molar-refractivity contribution >= 4 is 44.1 Å². The Kier molecular flexibility index (Phi) is 1.72. The van der Waals surface area contributed by atoms with Crippen LogP contribution in [0.1, 0.15) is 0 Å². The second-order valence-corrected chi connectivity index (χ2v) is 4.42. The van der Waals surface area contributed by atoms with Gasteiger partial charge in [0, 0.05) is 6.21 Å². The number of aldehydes is 1. The summed E-state index contributed by atoms with van der Waals surface area (Å²) in [5, 5.41) is 5.74. The third-order valence-corrected chi connectivity index (χ3v) is 2.98. The average molecular weight is 234 g/mol. The van der Waals surface area contributed by atoms with Crippen LogP contribution in [-0.2, 0) is 4.79 Å². The Morgan fingerprint density at radius 2 is 2.64 bits per heavy atom. The highest BCUT2D eigenvalue weighted by Crippen LogP contribution is 2.33. The van der Waals surface area contributed by atoms with E-state index in [-0.39, 0.29) is 11.5 Å². The maximum atomic E-state index is 10.4. The molecule has 2 unspecified atom stereocenters. The van der Waals surface area contributed by atoms with Crippen molar-refractivity contribution < 1.29 is 4.79 Å². The SMILES string of the molecule is O=CC1C=NC2SC(Br)=NN12. The van der Waals surface area contributed by atoms with Crippen molar-refractivity contribution in [3.8, 4) is 0 Å². The molecule has 11 heavy (non-hydrogen) atoms. The molecule has 0 spiro atoms. The third kappa shape index (κ3) is 1.10. The lowest BCUT2D eigenvalue weighted by Crippen LogP contribution is -2.30. The number of aliphatic imine (C=N–C) groups is 1. The molecule has 0 saturated heterocycles. The fourth-order valence-corrected chi connectivity index (χ4v) is 2.37. The fraction of sp³-hybridized carbons (Fsp3) is 0.400. The van der Waals surface area contributed by atoms with E-state index in [1.165, 1.54) is 11.8 Å². The monoisotopic (exact) mass is 233 g/mol. The molecular formula is C5H4BrN3OS. The highest BCUT2D eigenvalue weighted by Gasteiger charge is 2.34. The van der Waals surface area contributed by atoms with E-state index in [4.69, 9.17) is 0 Å². The van der Waals surface area contributed by atoms with E-state index in [2.05, 4.69) is 26.0 Å². The first-order valence-electron chi connectivity index (χ1n) is 2.99. The molecular weight excluding hydrogens is 230 g/mol. The molecule has 0 fully saturated rings. The van der Waals surface area contributed by atoms with Crippen molar-refractivity contribution in [3.63, 3.8) is 0 Å². The summed E-state index contributed by atoms with van der Waals surface area (Å²) < 4.78 is 0.784. The molecule has 0 bridgehead atoms. The van der Waals surface area contributed by atoms with Crippen LogP contribution in [0.5, 0.6) is 0 Å². The molecule has 58 valence electrons. The van der Waals surface area contributed by atoms with Crippen molar-refractivity contribution in [2.24, 2.45) is 10.1 Å². The van der Waals surface area contributed by atoms with Crippen molar-refractivity contribution in [3.05, 3.63) is 0 Å². The quantitative estimate of drug-likeness (QED) is 0.625. The summed E-state index contributed by atoms with van der Waals surface area (Å²) in [5.74, 6) is 0. The Bertz CT molecular complexity index is 254. The number of hydrazone groups is 1. The number of fused-ring (bicyclic) bond motifs is 1. The minimum atomic E-state index is -0.275. The topological polar surface area (TPSA) is 45.0 Å². The molecule has 0 amide bonds. The van der Waals surface area contributed by atoms with Gasteiger partial charge in [-0.3, -0.25) is 4.99 Å². The van der Waals surface area contributed by atoms with Crippen LogP contribution in [0.15, 0.2) is 10.1 Å². The molecule has 0 aromatic carbocycles. The standard InChI is InChI=1S/C5H4BrN3OS/c6-4-8-9-3(2-10)1-7-5(9)11-4/h1-3,5H. The van der Waals surface area contributed by atoms with E-state index in [1.807, 2.05) is 0 Å². The van der Waals surface area contributed by atoms with Gasteiger partial charge in [-0.05, 0) is 27.7 Å². The van der Waals surface area contributed by atoms with E-state index in [1.54, 1.807) is 11.2 Å². The highest BCUT2D eigenvalue weighted by molar-refractivity contribution is 9.22. The van der Waals surface area contributed by atoms with Gasteiger partial charge in [0.15, 0.2) is 9.45 Å². The zero-order valence-corrected chi connectivity index (χ0v) is 7.75. The van der Waals surface area contributed by atoms with E-state index in [0.717, 1.165) is 10.2 Å². The zero-order valence-electron chi connectivity index (χ0n) is 5.35. The van der Waals surface area contributed by atoms with Gasteiger partial charge in [-0.2, -0.15) is 5.10 Å². The van der Waals surface area contributed by atoms with Crippen LogP contribution < -0.4 is 0 Å². The van der Waals surface area contributed by atoms with Gasteiger partial charge in [0.05, 0.1) is 0 Å². The fourth-order valence-electron chi connectivity index (χ4n) is 0.945. The van der Waals surface area contributed by atoms with E-state index in [0.29, 0.717) is 0 Å². The number of rotatable bonds is 1. The van der Waals surface area contributed by atoms with Crippen LogP contribution in [0, 0.1) is 0 Å². The number of nitrogens with zero attached hydrogens (tertiary/aromatic N) is 3. The van der Waals surface area contributed by atoms with Crippen LogP contribution in [0.4, 0.5) is 0 Å². The van der Waals surface area contributed by atoms with Crippen LogP contribution in [-0.4, -0.2) is 33.0 Å². The highest BCUT2D eigenvalue weighted by atomic mass is 79.9. The van der Waals surface area contributed by atoms with Gasteiger partial charge in [0.25, 0.3) is 0 Å². The minimum absolute atomic E-state index is 0.0282. The normalized spacial score (nSPS) is 33.9. The Labute approximate surface area is 75.9 Å². The first kappa shape index (κ1) is 7.30. The Morgan fingerprint density at radius 3 is 3.36 bits per heavy atom. The molecule has 0 saturated carbocycles. The molecule has 0 aromatic heterocycles. The largest absolute Gasteiger partial charge is 0.301 e. The lowest BCUT2D eigenvalue weighted by molar-refractivity contribution is -0.110. The number of thioether (sulfide) groups is 1. The van der Waals surface area contributed by atoms with E-state index >= 15 is 0 Å². The smallest absolute Gasteiger partial charge is 0.191 e. The van der Waals surface area contributed by atoms with E-state index in [9.17, 15) is 4.79 Å². The lowest BCUT2D eigenvalue weighted by Gasteiger charge is -2.13. The predicted octanol–water partition coefficient (Wildman–Crippen LogP) is 0.637. The Morgan fingerprint density at radius 1 is 1.82 bits per heavy atom. The van der Waals surface area contributed by atoms with Crippen molar-refractivity contribution in [2.45, 2.75) is 11.5 Å². The van der Waals surface area contributed by atoms with Crippen molar-refractivity contribution in [1.29, 1.82) is 0 Å². The molecule has 0 N–H and O–H groups in total. The van der Waals surface area contributed by atoms with Crippen molar-refractivity contribution in [1.82, 2.24) is 5.01 Å². The first-order valence-corrected chi connectivity index (χ1v) is 4.66. The second-order valence-electron chi connectivity index (χ2n) is 2.10. The number of carbonyl (C=O) groups excluding carboxylic acids is 1. The van der Waals surface area contributed by atoms with Crippen molar-refractivity contribution in [2.75, 3.05) is 0 Å². The number of carbonyl (C=O) groups is 1. The maximum absolute atomic E-state index is 10.4. The van der Waals surface area contributed by atoms with E-state index < -0.39 is 0 Å². The summed E-state index contributed by atoms with van der Waals surface area (Å²) in [4.78, 5) is 14.5. The van der Waals surface area contributed by atoms with Gasteiger partial charge in [0.1, 0.15) is 12.3 Å². The first-order chi connectivity index (χ1) is 5.31. The van der Waals surface area contributed by atoms with Crippen LogP contribution in [0.2, 0.25) is 0 Å². The Balaban J connectivity index is 2.21. The number of hydrogen-bond acceptors (Lipinski definition) is 5. The molecule has 2 aliphatic rings. The molecule has 4 nitrogen and oxygen atoms in total. The summed E-state index contributed by atoms with van der Waals surface area (Å²) in [6.07, 6.45) is 2.45. The second kappa shape index (κ2) is 2.60. The maximum Gasteiger partial charge on any atom is 0.191 e. The number of hydrogen-bond donors (Lipinski definition) is 0. The van der Waals surface area contributed by atoms with Crippen LogP contribution in [0.3, 0.4) is 0 Å². The average Bonchev–Trinajstić information content (AvgIpc) is 2.45. The van der Waals surface area contributed by atoms with Gasteiger partial charge in [0.2, 0.25) is 0 Å². The van der Waals surface area contributed by atoms with Gasteiger partial charge >= 0.3 is 0 Å². The molecule has 0 aliphatic carbocycles. The molecule has 0 radical (unpaired) electrons.